The third-order valence-electron chi connectivity index (χ3n) is 2.39. The van der Waals surface area contributed by atoms with Gasteiger partial charge in [0.1, 0.15) is 0 Å². The van der Waals surface area contributed by atoms with Gasteiger partial charge in [-0.3, -0.25) is 10.2 Å². The summed E-state index contributed by atoms with van der Waals surface area (Å²) in [5.41, 5.74) is 4.24. The molecule has 0 bridgehead atoms. The maximum absolute atomic E-state index is 11.4. The molecule has 0 saturated carbocycles. The summed E-state index contributed by atoms with van der Waals surface area (Å²) in [5.74, 6) is 4.75. The molecular formula is C11H12N4O. The average molecular weight is 216 g/mol. The van der Waals surface area contributed by atoms with E-state index in [1.165, 1.54) is 6.20 Å². The van der Waals surface area contributed by atoms with Crippen LogP contribution in [-0.2, 0) is 0 Å². The minimum Gasteiger partial charge on any atom is -0.290 e. The van der Waals surface area contributed by atoms with Crippen LogP contribution in [0.25, 0.3) is 5.69 Å². The van der Waals surface area contributed by atoms with E-state index in [9.17, 15) is 4.79 Å². The fraction of sp³-hybridized carbons (Fsp3) is 0.0909. The van der Waals surface area contributed by atoms with Crippen LogP contribution in [-0.4, -0.2) is 15.7 Å². The van der Waals surface area contributed by atoms with Gasteiger partial charge in [-0.1, -0.05) is 18.2 Å². The smallest absolute Gasteiger partial charge is 0.268 e. The average Bonchev–Trinajstić information content (AvgIpc) is 2.71. The first-order valence-electron chi connectivity index (χ1n) is 4.85. The number of carbonyl (C=O) groups is 1. The van der Waals surface area contributed by atoms with E-state index in [2.05, 4.69) is 10.5 Å². The van der Waals surface area contributed by atoms with E-state index in [0.29, 0.717) is 5.56 Å². The lowest BCUT2D eigenvalue weighted by molar-refractivity contribution is 0.0953. The van der Waals surface area contributed by atoms with Crippen molar-refractivity contribution in [1.82, 2.24) is 15.2 Å². The fourth-order valence-electron chi connectivity index (χ4n) is 1.54. The molecule has 0 fully saturated rings. The molecule has 0 spiro atoms. The second-order valence-electron chi connectivity index (χ2n) is 3.36. The molecule has 1 heterocycles. The first-order chi connectivity index (χ1) is 7.74. The van der Waals surface area contributed by atoms with Crippen molar-refractivity contribution in [3.05, 3.63) is 47.8 Å². The summed E-state index contributed by atoms with van der Waals surface area (Å²) < 4.78 is 1.70. The number of nitrogen functional groups attached to an aromatic ring is 1. The SMILES string of the molecule is Cc1c(C(=O)NN)cnn1-c1ccccc1. The molecular weight excluding hydrogens is 204 g/mol. The highest BCUT2D eigenvalue weighted by atomic mass is 16.2. The normalized spacial score (nSPS) is 10.1. The quantitative estimate of drug-likeness (QED) is 0.442. The Morgan fingerprint density at radius 3 is 2.69 bits per heavy atom. The van der Waals surface area contributed by atoms with Gasteiger partial charge < -0.3 is 0 Å². The predicted molar refractivity (Wildman–Crippen MR) is 60.0 cm³/mol. The summed E-state index contributed by atoms with van der Waals surface area (Å²) >= 11 is 0. The first-order valence-corrected chi connectivity index (χ1v) is 4.85. The van der Waals surface area contributed by atoms with E-state index in [4.69, 9.17) is 5.84 Å². The summed E-state index contributed by atoms with van der Waals surface area (Å²) in [4.78, 5) is 11.4. The lowest BCUT2D eigenvalue weighted by Gasteiger charge is -2.04. The third kappa shape index (κ3) is 1.68. The monoisotopic (exact) mass is 216 g/mol. The van der Waals surface area contributed by atoms with Crippen molar-refractivity contribution >= 4 is 5.91 Å². The number of para-hydroxylation sites is 1. The zero-order valence-corrected chi connectivity index (χ0v) is 8.84. The van der Waals surface area contributed by atoms with Gasteiger partial charge in [-0.05, 0) is 19.1 Å². The van der Waals surface area contributed by atoms with E-state index >= 15 is 0 Å². The zero-order valence-electron chi connectivity index (χ0n) is 8.84. The number of amides is 1. The Morgan fingerprint density at radius 2 is 2.06 bits per heavy atom. The van der Waals surface area contributed by atoms with Crippen LogP contribution in [0.5, 0.6) is 0 Å². The van der Waals surface area contributed by atoms with Crippen molar-refractivity contribution in [3.8, 4) is 5.69 Å². The van der Waals surface area contributed by atoms with Gasteiger partial charge in [0.15, 0.2) is 0 Å². The number of carbonyl (C=O) groups excluding carboxylic acids is 1. The van der Waals surface area contributed by atoms with Crippen LogP contribution in [0, 0.1) is 6.92 Å². The molecule has 2 aromatic rings. The number of nitrogens with zero attached hydrogens (tertiary/aromatic N) is 2. The zero-order chi connectivity index (χ0) is 11.5. The van der Waals surface area contributed by atoms with Gasteiger partial charge in [0, 0.05) is 0 Å². The molecule has 0 radical (unpaired) electrons. The minimum absolute atomic E-state index is 0.334. The van der Waals surface area contributed by atoms with Gasteiger partial charge in [0.25, 0.3) is 5.91 Å². The summed E-state index contributed by atoms with van der Waals surface area (Å²) in [7, 11) is 0. The topological polar surface area (TPSA) is 72.9 Å². The van der Waals surface area contributed by atoms with Crippen molar-refractivity contribution in [2.24, 2.45) is 5.84 Å². The molecule has 0 atom stereocenters. The van der Waals surface area contributed by atoms with Crippen LogP contribution in [0.2, 0.25) is 0 Å². The van der Waals surface area contributed by atoms with Gasteiger partial charge in [0.05, 0.1) is 23.1 Å². The van der Waals surface area contributed by atoms with Crippen molar-refractivity contribution in [2.45, 2.75) is 6.92 Å². The van der Waals surface area contributed by atoms with Crippen LogP contribution in [0.15, 0.2) is 36.5 Å². The number of aromatic nitrogens is 2. The van der Waals surface area contributed by atoms with Gasteiger partial charge >= 0.3 is 0 Å². The Hall–Kier alpha value is -2.14. The number of hydrazine groups is 1. The molecule has 0 aliphatic rings. The summed E-state index contributed by atoms with van der Waals surface area (Å²) in [5, 5.41) is 4.16. The fourth-order valence-corrected chi connectivity index (χ4v) is 1.54. The molecule has 1 aromatic heterocycles. The Labute approximate surface area is 92.8 Å². The van der Waals surface area contributed by atoms with Crippen LogP contribution in [0.1, 0.15) is 16.1 Å². The van der Waals surface area contributed by atoms with Crippen molar-refractivity contribution in [2.75, 3.05) is 0 Å². The lowest BCUT2D eigenvalue weighted by Crippen LogP contribution is -2.30. The Kier molecular flexibility index (Phi) is 2.70. The summed E-state index contributed by atoms with van der Waals surface area (Å²) in [6.45, 7) is 1.82. The summed E-state index contributed by atoms with van der Waals surface area (Å²) in [6.07, 6.45) is 1.50. The predicted octanol–water partition coefficient (Wildman–Crippen LogP) is 0.784. The standard InChI is InChI=1S/C11H12N4O/c1-8-10(11(16)14-12)7-13-15(8)9-5-3-2-4-6-9/h2-7H,12H2,1H3,(H,14,16). The molecule has 1 aromatic carbocycles. The molecule has 2 rings (SSSR count). The Bertz CT molecular complexity index is 504. The van der Waals surface area contributed by atoms with E-state index in [1.807, 2.05) is 37.3 Å². The van der Waals surface area contributed by atoms with Gasteiger partial charge in [-0.25, -0.2) is 10.5 Å². The molecule has 16 heavy (non-hydrogen) atoms. The van der Waals surface area contributed by atoms with Crippen molar-refractivity contribution < 1.29 is 4.79 Å². The van der Waals surface area contributed by atoms with Crippen LogP contribution >= 0.6 is 0 Å². The molecule has 1 amide bonds. The third-order valence-corrected chi connectivity index (χ3v) is 2.39. The second kappa shape index (κ2) is 4.16. The number of nitrogens with two attached hydrogens (primary N) is 1. The maximum atomic E-state index is 11.4. The molecule has 5 nitrogen and oxygen atoms in total. The first kappa shape index (κ1) is 10.4. The van der Waals surface area contributed by atoms with Gasteiger partial charge in [0.2, 0.25) is 0 Å². The molecule has 0 aliphatic heterocycles. The van der Waals surface area contributed by atoms with E-state index < -0.39 is 0 Å². The number of nitrogens with one attached hydrogen (secondary N) is 1. The summed E-state index contributed by atoms with van der Waals surface area (Å²) in [6, 6.07) is 9.60. The molecule has 0 aliphatic carbocycles. The molecule has 0 saturated heterocycles. The van der Waals surface area contributed by atoms with E-state index in [0.717, 1.165) is 11.4 Å². The maximum Gasteiger partial charge on any atom is 0.268 e. The largest absolute Gasteiger partial charge is 0.290 e. The van der Waals surface area contributed by atoms with E-state index in [-0.39, 0.29) is 5.91 Å². The number of benzene rings is 1. The van der Waals surface area contributed by atoms with Crippen molar-refractivity contribution in [3.63, 3.8) is 0 Å². The molecule has 5 heteroatoms. The molecule has 82 valence electrons. The van der Waals surface area contributed by atoms with Crippen LogP contribution < -0.4 is 11.3 Å². The van der Waals surface area contributed by atoms with Crippen molar-refractivity contribution in [1.29, 1.82) is 0 Å². The van der Waals surface area contributed by atoms with Gasteiger partial charge in [-0.15, -0.1) is 0 Å². The lowest BCUT2D eigenvalue weighted by atomic mass is 10.2. The number of rotatable bonds is 2. The van der Waals surface area contributed by atoms with Crippen LogP contribution in [0.4, 0.5) is 0 Å². The molecule has 0 unspecified atom stereocenters. The molecule has 3 N–H and O–H groups in total. The highest BCUT2D eigenvalue weighted by molar-refractivity contribution is 5.94. The second-order valence-corrected chi connectivity index (χ2v) is 3.36. The number of hydrogen-bond acceptors (Lipinski definition) is 3. The van der Waals surface area contributed by atoms with E-state index in [1.54, 1.807) is 4.68 Å². The van der Waals surface area contributed by atoms with Crippen LogP contribution in [0.3, 0.4) is 0 Å². The highest BCUT2D eigenvalue weighted by Crippen LogP contribution is 2.13. The minimum atomic E-state index is -0.334. The highest BCUT2D eigenvalue weighted by Gasteiger charge is 2.13. The van der Waals surface area contributed by atoms with Gasteiger partial charge in [-0.2, -0.15) is 5.10 Å². The Morgan fingerprint density at radius 1 is 1.38 bits per heavy atom. The number of hydrogen-bond donors (Lipinski definition) is 2. The Balaban J connectivity index is 2.45.